The molecule has 3 heteroatoms. The summed E-state index contributed by atoms with van der Waals surface area (Å²) in [4.78, 5) is 2.42. The van der Waals surface area contributed by atoms with E-state index >= 15 is 0 Å². The normalized spacial score (nSPS) is 13.7. The van der Waals surface area contributed by atoms with Gasteiger partial charge in [-0.05, 0) is 39.8 Å². The molecule has 1 N–H and O–H groups in total. The highest BCUT2D eigenvalue weighted by atomic mass is 16.5. The van der Waals surface area contributed by atoms with Crippen molar-refractivity contribution in [3.63, 3.8) is 0 Å². The molecule has 0 radical (unpaired) electrons. The Labute approximate surface area is 102 Å². The number of nitrogens with one attached hydrogen (secondary N) is 1. The molecule has 0 aliphatic carbocycles. The Hall–Kier alpha value is -0.120. The minimum atomic E-state index is 0.658. The lowest BCUT2D eigenvalue weighted by atomic mass is 10.1. The van der Waals surface area contributed by atoms with E-state index in [4.69, 9.17) is 4.74 Å². The third-order valence-corrected chi connectivity index (χ3v) is 3.15. The molecule has 0 fully saturated rings. The summed E-state index contributed by atoms with van der Waals surface area (Å²) in [6.45, 7) is 13.8. The van der Waals surface area contributed by atoms with E-state index in [-0.39, 0.29) is 0 Å². The van der Waals surface area contributed by atoms with Gasteiger partial charge in [-0.2, -0.15) is 0 Å². The number of hydrogen-bond acceptors (Lipinski definition) is 3. The molecule has 1 atom stereocenters. The fourth-order valence-electron chi connectivity index (χ4n) is 1.54. The molecule has 0 rings (SSSR count). The Morgan fingerprint density at radius 1 is 1.19 bits per heavy atom. The molecule has 98 valence electrons. The van der Waals surface area contributed by atoms with Crippen LogP contribution in [0.1, 0.15) is 34.1 Å². The summed E-state index contributed by atoms with van der Waals surface area (Å²) in [5.41, 5.74) is 0. The fourth-order valence-corrected chi connectivity index (χ4v) is 1.54. The highest BCUT2D eigenvalue weighted by Gasteiger charge is 2.11. The number of ether oxygens (including phenoxy) is 1. The minimum Gasteiger partial charge on any atom is -0.382 e. The average Bonchev–Trinajstić information content (AvgIpc) is 2.26. The van der Waals surface area contributed by atoms with Gasteiger partial charge in [0.25, 0.3) is 0 Å². The van der Waals surface area contributed by atoms with Crippen molar-refractivity contribution in [2.45, 2.75) is 40.2 Å². The number of hydrogen-bond donors (Lipinski definition) is 1. The zero-order valence-electron chi connectivity index (χ0n) is 11.8. The maximum Gasteiger partial charge on any atom is 0.0477 e. The SMILES string of the molecule is CCOCCCNCCN(C)C(C)C(C)C. The fraction of sp³-hybridized carbons (Fsp3) is 1.00. The lowest BCUT2D eigenvalue weighted by Gasteiger charge is -2.27. The molecular formula is C13H30N2O. The van der Waals surface area contributed by atoms with Crippen molar-refractivity contribution < 1.29 is 4.74 Å². The first-order chi connectivity index (χ1) is 7.59. The molecule has 0 spiro atoms. The highest BCUT2D eigenvalue weighted by molar-refractivity contribution is 4.67. The van der Waals surface area contributed by atoms with Gasteiger partial charge in [-0.3, -0.25) is 0 Å². The molecule has 0 saturated carbocycles. The smallest absolute Gasteiger partial charge is 0.0477 e. The van der Waals surface area contributed by atoms with Crippen molar-refractivity contribution in [2.24, 2.45) is 5.92 Å². The van der Waals surface area contributed by atoms with Gasteiger partial charge in [0.15, 0.2) is 0 Å². The second-order valence-electron chi connectivity index (χ2n) is 4.77. The molecule has 0 amide bonds. The topological polar surface area (TPSA) is 24.5 Å². The zero-order valence-corrected chi connectivity index (χ0v) is 11.8. The molecule has 16 heavy (non-hydrogen) atoms. The quantitative estimate of drug-likeness (QED) is 0.581. The van der Waals surface area contributed by atoms with Crippen molar-refractivity contribution in [1.29, 1.82) is 0 Å². The van der Waals surface area contributed by atoms with Crippen molar-refractivity contribution in [2.75, 3.05) is 39.9 Å². The first-order valence-corrected chi connectivity index (χ1v) is 6.58. The molecular weight excluding hydrogens is 200 g/mol. The maximum absolute atomic E-state index is 5.28. The summed E-state index contributed by atoms with van der Waals surface area (Å²) < 4.78 is 5.28. The molecule has 1 unspecified atom stereocenters. The van der Waals surface area contributed by atoms with Crippen LogP contribution in [0.2, 0.25) is 0 Å². The molecule has 0 saturated heterocycles. The second-order valence-corrected chi connectivity index (χ2v) is 4.77. The van der Waals surface area contributed by atoms with E-state index in [1.807, 2.05) is 6.92 Å². The van der Waals surface area contributed by atoms with E-state index in [9.17, 15) is 0 Å². The number of likely N-dealkylation sites (N-methyl/N-ethyl adjacent to an activating group) is 1. The van der Waals surface area contributed by atoms with Gasteiger partial charge in [0.2, 0.25) is 0 Å². The van der Waals surface area contributed by atoms with Crippen LogP contribution in [0.4, 0.5) is 0 Å². The van der Waals surface area contributed by atoms with Crippen molar-refractivity contribution in [3.8, 4) is 0 Å². The summed E-state index contributed by atoms with van der Waals surface area (Å²) >= 11 is 0. The zero-order chi connectivity index (χ0) is 12.4. The van der Waals surface area contributed by atoms with Crippen LogP contribution < -0.4 is 5.32 Å². The van der Waals surface area contributed by atoms with Crippen LogP contribution in [0.3, 0.4) is 0 Å². The van der Waals surface area contributed by atoms with Crippen molar-refractivity contribution >= 4 is 0 Å². The van der Waals surface area contributed by atoms with Crippen molar-refractivity contribution in [3.05, 3.63) is 0 Å². The van der Waals surface area contributed by atoms with Gasteiger partial charge in [-0.25, -0.2) is 0 Å². The van der Waals surface area contributed by atoms with Gasteiger partial charge >= 0.3 is 0 Å². The predicted molar refractivity (Wildman–Crippen MR) is 70.9 cm³/mol. The Morgan fingerprint density at radius 3 is 2.44 bits per heavy atom. The second kappa shape index (κ2) is 10.1. The van der Waals surface area contributed by atoms with E-state index in [2.05, 4.69) is 38.0 Å². The Kier molecular flexibility index (Phi) is 9.99. The molecule has 0 aromatic carbocycles. The van der Waals surface area contributed by atoms with Gasteiger partial charge in [0, 0.05) is 32.3 Å². The van der Waals surface area contributed by atoms with Crippen LogP contribution in [0, 0.1) is 5.92 Å². The van der Waals surface area contributed by atoms with Gasteiger partial charge in [0.05, 0.1) is 0 Å². The monoisotopic (exact) mass is 230 g/mol. The first-order valence-electron chi connectivity index (χ1n) is 6.58. The van der Waals surface area contributed by atoms with Crippen LogP contribution in [0.5, 0.6) is 0 Å². The highest BCUT2D eigenvalue weighted by Crippen LogP contribution is 2.06. The van der Waals surface area contributed by atoms with Crippen LogP contribution in [-0.4, -0.2) is 50.8 Å². The minimum absolute atomic E-state index is 0.658. The predicted octanol–water partition coefficient (Wildman–Crippen LogP) is 1.98. The molecule has 0 aromatic rings. The summed E-state index contributed by atoms with van der Waals surface area (Å²) in [5.74, 6) is 0.725. The van der Waals surface area contributed by atoms with Gasteiger partial charge in [-0.15, -0.1) is 0 Å². The molecule has 0 heterocycles. The summed E-state index contributed by atoms with van der Waals surface area (Å²) in [5, 5.41) is 3.45. The Bertz CT molecular complexity index is 151. The standard InChI is InChI=1S/C13H30N2O/c1-6-16-11-7-8-14-9-10-15(5)13(4)12(2)3/h12-14H,6-11H2,1-5H3. The van der Waals surface area contributed by atoms with Crippen LogP contribution in [-0.2, 0) is 4.74 Å². The summed E-state index contributed by atoms with van der Waals surface area (Å²) in [6, 6.07) is 0.658. The Morgan fingerprint density at radius 2 is 1.88 bits per heavy atom. The van der Waals surface area contributed by atoms with Crippen LogP contribution >= 0.6 is 0 Å². The third kappa shape index (κ3) is 8.08. The largest absolute Gasteiger partial charge is 0.382 e. The summed E-state index contributed by atoms with van der Waals surface area (Å²) in [7, 11) is 2.20. The first kappa shape index (κ1) is 15.9. The maximum atomic E-state index is 5.28. The molecule has 0 aliphatic heterocycles. The molecule has 3 nitrogen and oxygen atoms in total. The molecule has 0 bridgehead atoms. The molecule has 0 aliphatic rings. The van der Waals surface area contributed by atoms with Gasteiger partial charge in [0.1, 0.15) is 0 Å². The van der Waals surface area contributed by atoms with Gasteiger partial charge in [-0.1, -0.05) is 13.8 Å². The van der Waals surface area contributed by atoms with E-state index in [0.717, 1.165) is 45.2 Å². The van der Waals surface area contributed by atoms with E-state index in [1.165, 1.54) is 0 Å². The van der Waals surface area contributed by atoms with E-state index < -0.39 is 0 Å². The molecule has 0 aromatic heterocycles. The van der Waals surface area contributed by atoms with Crippen LogP contribution in [0.15, 0.2) is 0 Å². The van der Waals surface area contributed by atoms with Crippen molar-refractivity contribution in [1.82, 2.24) is 10.2 Å². The van der Waals surface area contributed by atoms with Gasteiger partial charge < -0.3 is 15.0 Å². The third-order valence-electron chi connectivity index (χ3n) is 3.15. The average molecular weight is 230 g/mol. The Balaban J connectivity index is 3.31. The number of rotatable bonds is 10. The van der Waals surface area contributed by atoms with E-state index in [1.54, 1.807) is 0 Å². The number of nitrogens with zero attached hydrogens (tertiary/aromatic N) is 1. The lowest BCUT2D eigenvalue weighted by molar-refractivity contribution is 0.144. The van der Waals surface area contributed by atoms with E-state index in [0.29, 0.717) is 6.04 Å². The summed E-state index contributed by atoms with van der Waals surface area (Å²) in [6.07, 6.45) is 1.11. The van der Waals surface area contributed by atoms with Crippen LogP contribution in [0.25, 0.3) is 0 Å². The lowest BCUT2D eigenvalue weighted by Crippen LogP contribution is -2.38.